The third-order valence-electron chi connectivity index (χ3n) is 2.28. The standard InChI is InChI=1S/C9H11N3O3S.F6P.Li/c13-16(14,15)6-2-4-7-3-1-5-8-9(7)11-12-10-8;1-7(2,3,4,5)6;/h1,3,5H,2,4,6H2,(H,10,11,12)(H,13,14,15);;/q;-1;+1. The largest absolute Gasteiger partial charge is 1.00 e. The van der Waals surface area contributed by atoms with Gasteiger partial charge >= 0.3 is 51.9 Å². The molecule has 0 aliphatic rings. The van der Waals surface area contributed by atoms with Crippen LogP contribution in [0, 0.1) is 0 Å². The second-order valence-corrected chi connectivity index (χ2v) is 7.95. The zero-order valence-electron chi connectivity index (χ0n) is 12.1. The SMILES string of the molecule is F[P-](F)(F)(F)(F)F.O=S(=O)(O)CCCc1cccc2n[nH]nc12.[Li+]. The number of aromatic nitrogens is 3. The van der Waals surface area contributed by atoms with Gasteiger partial charge in [-0.3, -0.25) is 4.55 Å². The van der Waals surface area contributed by atoms with Crippen molar-refractivity contribution in [3.05, 3.63) is 23.8 Å². The molecule has 134 valence electrons. The van der Waals surface area contributed by atoms with Crippen LogP contribution in [-0.4, -0.2) is 34.1 Å². The van der Waals surface area contributed by atoms with Crippen molar-refractivity contribution in [1.29, 1.82) is 0 Å². The van der Waals surface area contributed by atoms with E-state index in [1.807, 2.05) is 18.2 Å². The Bertz CT molecular complexity index is 784. The zero-order chi connectivity index (χ0) is 18.0. The van der Waals surface area contributed by atoms with Gasteiger partial charge < -0.3 is 0 Å². The quantitative estimate of drug-likeness (QED) is 0.352. The topological polar surface area (TPSA) is 95.9 Å². The second kappa shape index (κ2) is 6.80. The number of hydrogen-bond donors (Lipinski definition) is 2. The summed E-state index contributed by atoms with van der Waals surface area (Å²) in [5, 5.41) is 10.4. The van der Waals surface area contributed by atoms with Crippen LogP contribution in [0.1, 0.15) is 12.0 Å². The maximum Gasteiger partial charge on any atom is 1.00 e. The molecule has 0 amide bonds. The number of nitrogens with zero attached hydrogens (tertiary/aromatic N) is 2. The minimum atomic E-state index is -10.7. The van der Waals surface area contributed by atoms with E-state index in [1.165, 1.54) is 0 Å². The monoisotopic (exact) mass is 393 g/mol. The fourth-order valence-electron chi connectivity index (χ4n) is 1.57. The molecule has 0 unspecified atom stereocenters. The number of aryl methyl sites for hydroxylation is 1. The average molecular weight is 393 g/mol. The molecule has 2 aromatic rings. The van der Waals surface area contributed by atoms with Crippen molar-refractivity contribution in [2.45, 2.75) is 12.8 Å². The Morgan fingerprint density at radius 1 is 1.08 bits per heavy atom. The van der Waals surface area contributed by atoms with Gasteiger partial charge in [0.2, 0.25) is 0 Å². The molecule has 1 heterocycles. The maximum absolute atomic E-state index is 10.7. The molecule has 0 bridgehead atoms. The summed E-state index contributed by atoms with van der Waals surface area (Å²) in [6.07, 6.45) is 0.911. The van der Waals surface area contributed by atoms with Crippen molar-refractivity contribution in [3.63, 3.8) is 0 Å². The molecule has 2 N–H and O–H groups in total. The van der Waals surface area contributed by atoms with Gasteiger partial charge in [0.25, 0.3) is 10.1 Å². The van der Waals surface area contributed by atoms with Crippen LogP contribution >= 0.6 is 7.81 Å². The van der Waals surface area contributed by atoms with Gasteiger partial charge in [-0.05, 0) is 24.5 Å². The van der Waals surface area contributed by atoms with Crippen LogP contribution in [0.4, 0.5) is 25.2 Å². The molecule has 6 nitrogen and oxygen atoms in total. The smallest absolute Gasteiger partial charge is 0.286 e. The Kier molecular flexibility index (Phi) is 6.56. The van der Waals surface area contributed by atoms with Crippen molar-refractivity contribution in [1.82, 2.24) is 15.4 Å². The van der Waals surface area contributed by atoms with Crippen molar-refractivity contribution in [2.75, 3.05) is 5.75 Å². The van der Waals surface area contributed by atoms with E-state index in [9.17, 15) is 33.6 Å². The Labute approximate surface area is 144 Å². The molecule has 24 heavy (non-hydrogen) atoms. The van der Waals surface area contributed by atoms with Crippen molar-refractivity contribution < 1.29 is 57.0 Å². The Morgan fingerprint density at radius 3 is 2.12 bits per heavy atom. The van der Waals surface area contributed by atoms with E-state index in [0.29, 0.717) is 12.8 Å². The van der Waals surface area contributed by atoms with Gasteiger partial charge in [0.05, 0.1) is 5.75 Å². The number of nitrogens with one attached hydrogen (secondary N) is 1. The van der Waals surface area contributed by atoms with E-state index < -0.39 is 17.9 Å². The number of benzene rings is 1. The van der Waals surface area contributed by atoms with Gasteiger partial charge in [-0.15, -0.1) is 0 Å². The molecule has 0 radical (unpaired) electrons. The number of para-hydroxylation sites is 1. The number of hydrogen-bond acceptors (Lipinski definition) is 4. The Balaban J connectivity index is 0.000000570. The van der Waals surface area contributed by atoms with Crippen LogP contribution in [-0.2, 0) is 16.5 Å². The van der Waals surface area contributed by atoms with E-state index in [4.69, 9.17) is 4.55 Å². The number of fused-ring (bicyclic) bond motifs is 1. The van der Waals surface area contributed by atoms with Crippen LogP contribution in [0.3, 0.4) is 0 Å². The molecule has 0 aliphatic heterocycles. The molecular weight excluding hydrogens is 382 g/mol. The fraction of sp³-hybridized carbons (Fsp3) is 0.333. The molecular formula is C9H11F6LiN3O3PS. The molecule has 2 rings (SSSR count). The first-order valence-corrected chi connectivity index (χ1v) is 9.45. The van der Waals surface area contributed by atoms with Gasteiger partial charge in [-0.2, -0.15) is 23.8 Å². The molecule has 1 aromatic carbocycles. The van der Waals surface area contributed by atoms with Gasteiger partial charge in [0.15, 0.2) is 0 Å². The van der Waals surface area contributed by atoms with E-state index >= 15 is 0 Å². The summed E-state index contributed by atoms with van der Waals surface area (Å²) < 4.78 is 88.9. The predicted molar refractivity (Wildman–Crippen MR) is 72.2 cm³/mol. The summed E-state index contributed by atoms with van der Waals surface area (Å²) in [6, 6.07) is 5.54. The molecule has 0 saturated carbocycles. The number of rotatable bonds is 4. The number of aromatic amines is 1. The molecule has 0 fully saturated rings. The summed E-state index contributed by atoms with van der Waals surface area (Å²) in [4.78, 5) is 0. The normalized spacial score (nSPS) is 14.8. The van der Waals surface area contributed by atoms with Gasteiger partial charge in [0, 0.05) is 0 Å². The third kappa shape index (κ3) is 12.5. The summed E-state index contributed by atoms with van der Waals surface area (Å²) >= 11 is 0. The summed E-state index contributed by atoms with van der Waals surface area (Å²) in [6.45, 7) is 0. The van der Waals surface area contributed by atoms with Gasteiger partial charge in [-0.25, -0.2) is 0 Å². The molecule has 15 heteroatoms. The molecule has 1 aromatic heterocycles. The summed E-state index contributed by atoms with van der Waals surface area (Å²) in [5.74, 6) is -0.235. The van der Waals surface area contributed by atoms with Crippen molar-refractivity contribution in [2.24, 2.45) is 0 Å². The first-order valence-electron chi connectivity index (χ1n) is 5.81. The first-order chi connectivity index (χ1) is 10.0. The van der Waals surface area contributed by atoms with Crippen LogP contribution in [0.25, 0.3) is 11.0 Å². The van der Waals surface area contributed by atoms with Crippen LogP contribution < -0.4 is 18.9 Å². The van der Waals surface area contributed by atoms with E-state index in [-0.39, 0.29) is 24.6 Å². The van der Waals surface area contributed by atoms with E-state index in [2.05, 4.69) is 15.4 Å². The zero-order valence-corrected chi connectivity index (χ0v) is 13.8. The van der Waals surface area contributed by atoms with E-state index in [0.717, 1.165) is 16.6 Å². The predicted octanol–water partition coefficient (Wildman–Crippen LogP) is 1.16. The van der Waals surface area contributed by atoms with Crippen LogP contribution in [0.5, 0.6) is 0 Å². The molecule has 0 spiro atoms. The number of halogens is 6. The van der Waals surface area contributed by atoms with E-state index in [1.54, 1.807) is 0 Å². The van der Waals surface area contributed by atoms with Crippen molar-refractivity contribution in [3.8, 4) is 0 Å². The molecule has 0 saturated heterocycles. The average Bonchev–Trinajstić information content (AvgIpc) is 2.71. The third-order valence-corrected chi connectivity index (χ3v) is 3.08. The van der Waals surface area contributed by atoms with Gasteiger partial charge in [-0.1, -0.05) is 12.1 Å². The molecule has 0 aliphatic carbocycles. The number of H-pyrrole nitrogens is 1. The first kappa shape index (κ1) is 23.1. The fourth-order valence-corrected chi connectivity index (χ4v) is 2.08. The Morgan fingerprint density at radius 2 is 1.62 bits per heavy atom. The minimum Gasteiger partial charge on any atom is -0.286 e. The minimum absolute atomic E-state index is 0. The van der Waals surface area contributed by atoms with Crippen LogP contribution in [0.2, 0.25) is 0 Å². The van der Waals surface area contributed by atoms with Crippen molar-refractivity contribution >= 4 is 29.0 Å². The molecule has 0 atom stereocenters. The van der Waals surface area contributed by atoms with Gasteiger partial charge in [0.1, 0.15) is 11.0 Å². The summed E-state index contributed by atoms with van der Waals surface area (Å²) in [5.41, 5.74) is 2.43. The maximum atomic E-state index is 10.6. The second-order valence-electron chi connectivity index (χ2n) is 4.46. The van der Waals surface area contributed by atoms with Crippen LogP contribution in [0.15, 0.2) is 18.2 Å². The summed E-state index contributed by atoms with van der Waals surface area (Å²) in [7, 11) is -14.5. The Hall–Kier alpha value is -0.863.